The Morgan fingerprint density at radius 2 is 1.11 bits per heavy atom. The fraction of sp³-hybridized carbons (Fsp3) is 0.889. The molecule has 154 valence electrons. The van der Waals surface area contributed by atoms with Gasteiger partial charge in [0.15, 0.2) is 0 Å². The third kappa shape index (κ3) is 8.17. The Morgan fingerprint density at radius 1 is 0.821 bits per heavy atom. The molecule has 0 bridgehead atoms. The molecule has 0 aliphatic heterocycles. The average Bonchev–Trinajstić information content (AvgIpc) is 2.50. The zero-order valence-corrected chi connectivity index (χ0v) is 23.0. The van der Waals surface area contributed by atoms with Gasteiger partial charge in [-0.3, -0.25) is 4.55 Å². The van der Waals surface area contributed by atoms with Crippen LogP contribution in [0.15, 0.2) is 0 Å². The first-order valence-electron chi connectivity index (χ1n) is 9.43. The maximum absolute atomic E-state index is 12.4. The van der Waals surface area contributed by atoms with Gasteiger partial charge >= 0.3 is 59.1 Å². The molecule has 7 nitrogen and oxygen atoms in total. The summed E-state index contributed by atoms with van der Waals surface area (Å²) in [5.74, 6) is -5.33. The van der Waals surface area contributed by atoms with E-state index in [1.54, 1.807) is 0 Å². The van der Waals surface area contributed by atoms with Crippen molar-refractivity contribution < 1.29 is 91.9 Å². The molecule has 0 rings (SSSR count). The summed E-state index contributed by atoms with van der Waals surface area (Å²) in [6.07, 6.45) is 3.50. The first-order valence-corrected chi connectivity index (χ1v) is 10.9. The van der Waals surface area contributed by atoms with E-state index in [1.165, 1.54) is 0 Å². The Kier molecular flexibility index (Phi) is 18.7. The minimum absolute atomic E-state index is 0. The monoisotopic (exact) mass is 438 g/mol. The molecule has 0 aromatic rings. The predicted molar refractivity (Wildman–Crippen MR) is 94.4 cm³/mol. The quantitative estimate of drug-likeness (QED) is 0.212. The van der Waals surface area contributed by atoms with E-state index < -0.39 is 44.6 Å². The van der Waals surface area contributed by atoms with Crippen molar-refractivity contribution in [2.24, 2.45) is 17.3 Å². The largest absolute Gasteiger partial charge is 1.00 e. The smallest absolute Gasteiger partial charge is 0.549 e. The van der Waals surface area contributed by atoms with Crippen molar-refractivity contribution in [3.05, 3.63) is 0 Å². The molecule has 0 aromatic heterocycles. The Labute approximate surface area is 213 Å². The van der Waals surface area contributed by atoms with Gasteiger partial charge in [0.05, 0.1) is 5.97 Å². The summed E-state index contributed by atoms with van der Waals surface area (Å²) >= 11 is 0. The van der Waals surface area contributed by atoms with Crippen LogP contribution in [0.2, 0.25) is 0 Å². The molecule has 0 saturated carbocycles. The molecule has 0 fully saturated rings. The standard InChI is InChI=1S/C18H34O7S.2Na/c1-5-9-13(10-6-2)18(17(21)22,14(11-7-3)12-8-4)15(16(19)20)26(23,24)25;;/h13-15H,5-12H2,1-4H3,(H,19,20)(H,21,22)(H,23,24,25);;/q;2*+1/p-2. The minimum Gasteiger partial charge on any atom is -0.549 e. The van der Waals surface area contributed by atoms with E-state index in [0.717, 1.165) is 0 Å². The molecule has 0 aromatic carbocycles. The fourth-order valence-electron chi connectivity index (χ4n) is 4.40. The maximum Gasteiger partial charge on any atom is 1.00 e. The van der Waals surface area contributed by atoms with E-state index in [-0.39, 0.29) is 59.1 Å². The van der Waals surface area contributed by atoms with Gasteiger partial charge in [-0.1, -0.05) is 53.4 Å². The first-order chi connectivity index (χ1) is 12.0. The van der Waals surface area contributed by atoms with E-state index in [9.17, 15) is 32.8 Å². The van der Waals surface area contributed by atoms with Crippen molar-refractivity contribution >= 4 is 22.1 Å². The number of hydrogen-bond acceptors (Lipinski definition) is 6. The van der Waals surface area contributed by atoms with Crippen LogP contribution in [0.4, 0.5) is 0 Å². The van der Waals surface area contributed by atoms with Crippen LogP contribution in [0.3, 0.4) is 0 Å². The SMILES string of the molecule is CCCC(CCC)C(C(=O)[O-])(C(CCC)CCC)C(C(=O)[O-])S(=O)(=O)O.[Na+].[Na+]. The molecular formula is C18H32Na2O7S. The molecule has 1 atom stereocenters. The maximum atomic E-state index is 12.4. The summed E-state index contributed by atoms with van der Waals surface area (Å²) in [5, 5.41) is 21.7. The number of carboxylic acids is 2. The number of rotatable bonds is 14. The van der Waals surface area contributed by atoms with Crippen LogP contribution in [0.25, 0.3) is 0 Å². The molecular weight excluding hydrogens is 406 g/mol. The molecule has 1 N–H and O–H groups in total. The topological polar surface area (TPSA) is 135 Å². The van der Waals surface area contributed by atoms with Crippen LogP contribution in [0, 0.1) is 17.3 Å². The van der Waals surface area contributed by atoms with Crippen molar-refractivity contribution in [3.63, 3.8) is 0 Å². The second-order valence-corrected chi connectivity index (χ2v) is 8.48. The zero-order chi connectivity index (χ0) is 20.5. The molecule has 0 amide bonds. The van der Waals surface area contributed by atoms with Crippen LogP contribution in [-0.4, -0.2) is 30.2 Å². The Bertz CT molecular complexity index is 538. The summed E-state index contributed by atoms with van der Waals surface area (Å²) in [6.45, 7) is 7.27. The van der Waals surface area contributed by atoms with Crippen molar-refractivity contribution in [2.45, 2.75) is 84.3 Å². The number of carbonyl (C=O) groups is 2. The molecule has 0 radical (unpaired) electrons. The third-order valence-corrected chi connectivity index (χ3v) is 6.38. The van der Waals surface area contributed by atoms with E-state index >= 15 is 0 Å². The normalized spacial score (nSPS) is 13.0. The van der Waals surface area contributed by atoms with Gasteiger partial charge in [0, 0.05) is 11.4 Å². The number of hydrogen-bond donors (Lipinski definition) is 1. The van der Waals surface area contributed by atoms with Crippen LogP contribution >= 0.6 is 0 Å². The van der Waals surface area contributed by atoms with Crippen LogP contribution in [0.5, 0.6) is 0 Å². The second kappa shape index (κ2) is 15.6. The average molecular weight is 438 g/mol. The van der Waals surface area contributed by atoms with Crippen molar-refractivity contribution in [1.29, 1.82) is 0 Å². The molecule has 0 saturated heterocycles. The zero-order valence-electron chi connectivity index (χ0n) is 18.2. The number of carboxylic acid groups (broad SMARTS) is 2. The van der Waals surface area contributed by atoms with Gasteiger partial charge < -0.3 is 19.8 Å². The summed E-state index contributed by atoms with van der Waals surface area (Å²) in [7, 11) is -5.21. The summed E-state index contributed by atoms with van der Waals surface area (Å²) in [4.78, 5) is 24.2. The molecule has 0 aliphatic rings. The molecule has 0 spiro atoms. The first kappa shape index (κ1) is 33.5. The van der Waals surface area contributed by atoms with E-state index in [4.69, 9.17) is 0 Å². The van der Waals surface area contributed by atoms with E-state index in [1.807, 2.05) is 27.7 Å². The minimum atomic E-state index is -5.21. The van der Waals surface area contributed by atoms with Gasteiger partial charge in [-0.25, -0.2) is 0 Å². The Morgan fingerprint density at radius 3 is 1.25 bits per heavy atom. The van der Waals surface area contributed by atoms with Crippen molar-refractivity contribution in [2.75, 3.05) is 0 Å². The summed E-state index contributed by atoms with van der Waals surface area (Å²) in [5.41, 5.74) is -2.23. The molecule has 1 unspecified atom stereocenters. The molecule has 10 heteroatoms. The van der Waals surface area contributed by atoms with Gasteiger partial charge in [-0.2, -0.15) is 8.42 Å². The summed E-state index contributed by atoms with van der Waals surface area (Å²) < 4.78 is 33.7. The van der Waals surface area contributed by atoms with Crippen LogP contribution in [-0.2, 0) is 19.7 Å². The third-order valence-electron chi connectivity index (χ3n) is 5.20. The van der Waals surface area contributed by atoms with E-state index in [2.05, 4.69) is 0 Å². The predicted octanol–water partition coefficient (Wildman–Crippen LogP) is -4.83. The van der Waals surface area contributed by atoms with Gasteiger partial charge in [0.25, 0.3) is 10.1 Å². The van der Waals surface area contributed by atoms with Gasteiger partial charge in [-0.15, -0.1) is 0 Å². The molecule has 0 aliphatic carbocycles. The van der Waals surface area contributed by atoms with Crippen LogP contribution in [0.1, 0.15) is 79.1 Å². The number of carbonyl (C=O) groups excluding carboxylic acids is 2. The second-order valence-electron chi connectivity index (χ2n) is 6.98. The Balaban J connectivity index is -0.00000312. The van der Waals surface area contributed by atoms with Crippen molar-refractivity contribution in [3.8, 4) is 0 Å². The Hall–Kier alpha value is 0.850. The van der Waals surface area contributed by atoms with E-state index in [0.29, 0.717) is 51.4 Å². The van der Waals surface area contributed by atoms with Crippen molar-refractivity contribution in [1.82, 2.24) is 0 Å². The number of aliphatic carboxylic acids is 2. The van der Waals surface area contributed by atoms with Crippen LogP contribution < -0.4 is 69.3 Å². The summed E-state index contributed by atoms with van der Waals surface area (Å²) in [6, 6.07) is 0. The molecule has 28 heavy (non-hydrogen) atoms. The van der Waals surface area contributed by atoms with Gasteiger partial charge in [0.1, 0.15) is 5.25 Å². The fourth-order valence-corrected chi connectivity index (χ4v) is 5.62. The van der Waals surface area contributed by atoms with Gasteiger partial charge in [0.2, 0.25) is 0 Å². The van der Waals surface area contributed by atoms with Gasteiger partial charge in [-0.05, 0) is 37.5 Å². The molecule has 0 heterocycles.